The molecule has 0 unspecified atom stereocenters. The van der Waals surface area contributed by atoms with Crippen LogP contribution in [0.3, 0.4) is 0 Å². The fraction of sp³-hybridized carbons (Fsp3) is 0.308. The van der Waals surface area contributed by atoms with Gasteiger partial charge in [0.25, 0.3) is 0 Å². The van der Waals surface area contributed by atoms with Crippen molar-refractivity contribution in [1.82, 2.24) is 20.5 Å². The summed E-state index contributed by atoms with van der Waals surface area (Å²) in [5.74, 6) is 0.609. The molecule has 0 aliphatic heterocycles. The molecule has 5 nitrogen and oxygen atoms in total. The lowest BCUT2D eigenvalue weighted by Gasteiger charge is -2.23. The van der Waals surface area contributed by atoms with Crippen LogP contribution in [0.15, 0.2) is 36.7 Å². The number of nitrogens with zero attached hydrogens (tertiary/aromatic N) is 2. The highest BCUT2D eigenvalue weighted by Gasteiger charge is 2.29. The molecule has 0 radical (unpaired) electrons. The van der Waals surface area contributed by atoms with E-state index in [4.69, 9.17) is 0 Å². The smallest absolute Gasteiger partial charge is 0.230 e. The van der Waals surface area contributed by atoms with Crippen LogP contribution in [0.2, 0.25) is 0 Å². The summed E-state index contributed by atoms with van der Waals surface area (Å²) in [6, 6.07) is 9.70. The summed E-state index contributed by atoms with van der Waals surface area (Å²) in [5, 5.41) is 9.29. The summed E-state index contributed by atoms with van der Waals surface area (Å²) in [4.78, 5) is 16.1. The van der Waals surface area contributed by atoms with Gasteiger partial charge in [0, 0.05) is 0 Å². The van der Waals surface area contributed by atoms with Crippen LogP contribution in [0, 0.1) is 0 Å². The van der Waals surface area contributed by atoms with Crippen molar-refractivity contribution < 1.29 is 4.79 Å². The molecule has 0 saturated heterocycles. The molecule has 0 bridgehead atoms. The summed E-state index contributed by atoms with van der Waals surface area (Å²) in [7, 11) is 0. The monoisotopic (exact) mass is 244 g/mol. The molecular weight excluding hydrogens is 228 g/mol. The van der Waals surface area contributed by atoms with Gasteiger partial charge in [0.1, 0.15) is 12.2 Å². The van der Waals surface area contributed by atoms with Gasteiger partial charge >= 0.3 is 0 Å². The molecule has 2 rings (SSSR count). The third-order valence-electron chi connectivity index (χ3n) is 2.94. The van der Waals surface area contributed by atoms with Gasteiger partial charge in [-0.1, -0.05) is 30.3 Å². The molecule has 1 aromatic carbocycles. The lowest BCUT2D eigenvalue weighted by molar-refractivity contribution is -0.125. The number of amides is 1. The quantitative estimate of drug-likeness (QED) is 0.854. The van der Waals surface area contributed by atoms with Crippen molar-refractivity contribution in [3.05, 3.63) is 48.0 Å². The molecule has 1 amide bonds. The molecule has 1 aromatic heterocycles. The Hall–Kier alpha value is -2.17. The molecule has 0 fully saturated rings. The number of hydrogen-bond acceptors (Lipinski definition) is 3. The van der Waals surface area contributed by atoms with Gasteiger partial charge in [-0.3, -0.25) is 9.89 Å². The average molecular weight is 244 g/mol. The third-order valence-corrected chi connectivity index (χ3v) is 2.94. The van der Waals surface area contributed by atoms with Crippen molar-refractivity contribution >= 4 is 5.91 Å². The molecule has 1 heterocycles. The number of aromatic amines is 1. The van der Waals surface area contributed by atoms with Crippen molar-refractivity contribution in [3.8, 4) is 0 Å². The zero-order valence-corrected chi connectivity index (χ0v) is 10.5. The zero-order chi connectivity index (χ0) is 13.0. The van der Waals surface area contributed by atoms with Crippen LogP contribution in [0.4, 0.5) is 0 Å². The molecule has 0 spiro atoms. The van der Waals surface area contributed by atoms with E-state index in [2.05, 4.69) is 20.5 Å². The van der Waals surface area contributed by atoms with Crippen LogP contribution < -0.4 is 5.32 Å². The van der Waals surface area contributed by atoms with Crippen molar-refractivity contribution in [2.24, 2.45) is 0 Å². The van der Waals surface area contributed by atoms with Gasteiger partial charge in [-0.2, -0.15) is 5.10 Å². The molecular formula is C13H16N4O. The predicted molar refractivity (Wildman–Crippen MR) is 67.7 cm³/mol. The van der Waals surface area contributed by atoms with Gasteiger partial charge in [-0.25, -0.2) is 4.98 Å². The second kappa shape index (κ2) is 5.00. The fourth-order valence-corrected chi connectivity index (χ4v) is 1.69. The van der Waals surface area contributed by atoms with Crippen molar-refractivity contribution in [2.45, 2.75) is 25.8 Å². The Morgan fingerprint density at radius 2 is 2.06 bits per heavy atom. The number of nitrogens with one attached hydrogen (secondary N) is 2. The van der Waals surface area contributed by atoms with Gasteiger partial charge < -0.3 is 5.32 Å². The van der Waals surface area contributed by atoms with Crippen LogP contribution >= 0.6 is 0 Å². The maximum absolute atomic E-state index is 12.2. The van der Waals surface area contributed by atoms with Crippen molar-refractivity contribution in [3.63, 3.8) is 0 Å². The number of carbonyl (C=O) groups excluding carboxylic acids is 1. The molecule has 94 valence electrons. The van der Waals surface area contributed by atoms with Crippen molar-refractivity contribution in [1.29, 1.82) is 0 Å². The van der Waals surface area contributed by atoms with E-state index in [1.165, 1.54) is 6.33 Å². The lowest BCUT2D eigenvalue weighted by atomic mass is 9.84. The van der Waals surface area contributed by atoms with E-state index in [0.717, 1.165) is 5.56 Å². The minimum atomic E-state index is -0.568. The minimum absolute atomic E-state index is 0.0369. The third kappa shape index (κ3) is 2.56. The summed E-state index contributed by atoms with van der Waals surface area (Å²) < 4.78 is 0. The molecule has 0 aliphatic carbocycles. The van der Waals surface area contributed by atoms with Crippen LogP contribution in [0.1, 0.15) is 25.2 Å². The highest BCUT2D eigenvalue weighted by Crippen LogP contribution is 2.22. The van der Waals surface area contributed by atoms with Gasteiger partial charge in [0.05, 0.1) is 12.0 Å². The van der Waals surface area contributed by atoms with Gasteiger partial charge in [-0.05, 0) is 19.4 Å². The molecule has 18 heavy (non-hydrogen) atoms. The zero-order valence-electron chi connectivity index (χ0n) is 10.5. The lowest BCUT2D eigenvalue weighted by Crippen LogP contribution is -2.39. The van der Waals surface area contributed by atoms with E-state index in [9.17, 15) is 4.79 Å². The number of hydrogen-bond donors (Lipinski definition) is 2. The summed E-state index contributed by atoms with van der Waals surface area (Å²) in [6.45, 7) is 4.16. The van der Waals surface area contributed by atoms with E-state index in [1.54, 1.807) is 0 Å². The number of aromatic nitrogens is 3. The van der Waals surface area contributed by atoms with Crippen LogP contribution in [0.5, 0.6) is 0 Å². The van der Waals surface area contributed by atoms with Gasteiger partial charge in [0.2, 0.25) is 5.91 Å². The summed E-state index contributed by atoms with van der Waals surface area (Å²) >= 11 is 0. The van der Waals surface area contributed by atoms with E-state index in [1.807, 2.05) is 44.2 Å². The molecule has 0 atom stereocenters. The Bertz CT molecular complexity index is 505. The summed E-state index contributed by atoms with van der Waals surface area (Å²) in [5.41, 5.74) is 0.418. The van der Waals surface area contributed by atoms with Crippen LogP contribution in [-0.2, 0) is 16.8 Å². The maximum Gasteiger partial charge on any atom is 0.230 e. The highest BCUT2D eigenvalue weighted by molar-refractivity contribution is 5.87. The van der Waals surface area contributed by atoms with Gasteiger partial charge in [0.15, 0.2) is 0 Å². The Labute approximate surface area is 106 Å². The van der Waals surface area contributed by atoms with Gasteiger partial charge in [-0.15, -0.1) is 0 Å². The first-order valence-electron chi connectivity index (χ1n) is 5.79. The largest absolute Gasteiger partial charge is 0.348 e. The number of rotatable bonds is 4. The SMILES string of the molecule is CC(C)(C(=O)NCc1ncn[nH]1)c1ccccc1. The normalized spacial score (nSPS) is 11.2. The minimum Gasteiger partial charge on any atom is -0.348 e. The number of carbonyl (C=O) groups is 1. The predicted octanol–water partition coefficient (Wildman–Crippen LogP) is 1.40. The van der Waals surface area contributed by atoms with Crippen LogP contribution in [-0.4, -0.2) is 21.1 Å². The molecule has 5 heteroatoms. The molecule has 0 saturated carbocycles. The Morgan fingerprint density at radius 3 is 2.67 bits per heavy atom. The van der Waals surface area contributed by atoms with E-state index >= 15 is 0 Å². The second-order valence-corrected chi connectivity index (χ2v) is 4.61. The van der Waals surface area contributed by atoms with E-state index in [0.29, 0.717) is 12.4 Å². The maximum atomic E-state index is 12.2. The first kappa shape index (κ1) is 12.3. The second-order valence-electron chi connectivity index (χ2n) is 4.61. The van der Waals surface area contributed by atoms with E-state index in [-0.39, 0.29) is 5.91 Å². The number of H-pyrrole nitrogens is 1. The molecule has 2 aromatic rings. The van der Waals surface area contributed by atoms with Crippen molar-refractivity contribution in [2.75, 3.05) is 0 Å². The Kier molecular flexibility index (Phi) is 3.41. The molecule has 2 N–H and O–H groups in total. The fourth-order valence-electron chi connectivity index (χ4n) is 1.69. The van der Waals surface area contributed by atoms with Crippen LogP contribution in [0.25, 0.3) is 0 Å². The summed E-state index contributed by atoms with van der Waals surface area (Å²) in [6.07, 6.45) is 1.42. The topological polar surface area (TPSA) is 70.7 Å². The number of benzene rings is 1. The average Bonchev–Trinajstić information content (AvgIpc) is 2.90. The first-order valence-corrected chi connectivity index (χ1v) is 5.79. The molecule has 0 aliphatic rings. The Morgan fingerprint density at radius 1 is 1.33 bits per heavy atom. The standard InChI is InChI=1S/C13H16N4O/c1-13(2,10-6-4-3-5-7-10)12(18)14-8-11-15-9-16-17-11/h3-7,9H,8H2,1-2H3,(H,14,18)(H,15,16,17). The highest BCUT2D eigenvalue weighted by atomic mass is 16.2. The van der Waals surface area contributed by atoms with E-state index < -0.39 is 5.41 Å². The Balaban J connectivity index is 2.04. The first-order chi connectivity index (χ1) is 8.60.